The van der Waals surface area contributed by atoms with Crippen molar-refractivity contribution in [2.45, 2.75) is 51.1 Å². The average molecular weight is 510 g/mol. The van der Waals surface area contributed by atoms with Crippen LogP contribution in [0.1, 0.15) is 60.7 Å². The van der Waals surface area contributed by atoms with Crippen LogP contribution in [0.2, 0.25) is 5.02 Å². The quantitative estimate of drug-likeness (QED) is 0.560. The Balaban J connectivity index is 1.40. The summed E-state index contributed by atoms with van der Waals surface area (Å²) in [5.74, 6) is -0.244. The van der Waals surface area contributed by atoms with Crippen molar-refractivity contribution in [3.05, 3.63) is 74.4 Å². The summed E-state index contributed by atoms with van der Waals surface area (Å²) < 4.78 is 49.0. The van der Waals surface area contributed by atoms with E-state index >= 15 is 0 Å². The molecule has 1 saturated heterocycles. The van der Waals surface area contributed by atoms with Gasteiger partial charge in [0.15, 0.2) is 6.23 Å². The molecule has 1 fully saturated rings. The monoisotopic (exact) mass is 509 g/mol. The molecule has 12 heteroatoms. The fourth-order valence-electron chi connectivity index (χ4n) is 4.63. The molecule has 2 aliphatic heterocycles. The first-order valence-corrected chi connectivity index (χ1v) is 11.7. The molecule has 0 amide bonds. The largest absolute Gasteiger partial charge is 0.382 e. The van der Waals surface area contributed by atoms with E-state index in [0.717, 1.165) is 31.0 Å². The summed E-state index contributed by atoms with van der Waals surface area (Å²) >= 11 is 6.43. The van der Waals surface area contributed by atoms with E-state index in [4.69, 9.17) is 16.3 Å². The number of benzene rings is 1. The van der Waals surface area contributed by atoms with Gasteiger partial charge in [-0.25, -0.2) is 18.2 Å². The van der Waals surface area contributed by atoms with Crippen molar-refractivity contribution in [2.24, 2.45) is 0 Å². The summed E-state index contributed by atoms with van der Waals surface area (Å²) in [6.45, 7) is 1.61. The fourth-order valence-corrected chi connectivity index (χ4v) is 4.88. The number of hydrogen-bond acceptors (Lipinski definition) is 6. The van der Waals surface area contributed by atoms with Crippen molar-refractivity contribution in [2.75, 3.05) is 18.1 Å². The normalized spacial score (nSPS) is 19.1. The van der Waals surface area contributed by atoms with Crippen LogP contribution >= 0.6 is 11.6 Å². The Labute approximate surface area is 203 Å². The van der Waals surface area contributed by atoms with Crippen LogP contribution in [0.5, 0.6) is 0 Å². The molecule has 0 bridgehead atoms. The first-order valence-electron chi connectivity index (χ1n) is 11.3. The number of rotatable bonds is 5. The maximum absolute atomic E-state index is 13.5. The second-order valence-electron chi connectivity index (χ2n) is 8.56. The van der Waals surface area contributed by atoms with Crippen molar-refractivity contribution < 1.29 is 23.0 Å². The van der Waals surface area contributed by atoms with Crippen molar-refractivity contribution >= 4 is 17.3 Å². The molecule has 0 radical (unpaired) electrons. The predicted octanol–water partition coefficient (Wildman–Crippen LogP) is 3.97. The zero-order valence-corrected chi connectivity index (χ0v) is 19.3. The summed E-state index contributed by atoms with van der Waals surface area (Å²) in [5.41, 5.74) is -0.295. The van der Waals surface area contributed by atoms with E-state index in [0.29, 0.717) is 43.3 Å². The molecule has 2 atom stereocenters. The number of imidazole rings is 1. The first kappa shape index (κ1) is 23.8. The molecule has 0 saturated carbocycles. The third kappa shape index (κ3) is 4.43. The Morgan fingerprint density at radius 2 is 2.00 bits per heavy atom. The zero-order valence-electron chi connectivity index (χ0n) is 18.6. The van der Waals surface area contributed by atoms with Crippen LogP contribution in [0.4, 0.5) is 18.9 Å². The molecular formula is C23H23ClF3N5O3. The fraction of sp³-hybridized carbons (Fsp3) is 0.435. The van der Waals surface area contributed by atoms with Gasteiger partial charge in [-0.3, -0.25) is 4.79 Å². The van der Waals surface area contributed by atoms with Gasteiger partial charge in [0, 0.05) is 25.3 Å². The molecule has 2 aromatic heterocycles. The summed E-state index contributed by atoms with van der Waals surface area (Å²) in [4.78, 5) is 19.1. The first-order chi connectivity index (χ1) is 16.8. The molecule has 0 spiro atoms. The molecule has 5 rings (SSSR count). The van der Waals surface area contributed by atoms with E-state index in [1.165, 1.54) is 17.1 Å². The zero-order chi connectivity index (χ0) is 24.7. The van der Waals surface area contributed by atoms with Crippen LogP contribution in [0.25, 0.3) is 0 Å². The third-order valence-electron chi connectivity index (χ3n) is 6.45. The highest BCUT2D eigenvalue weighted by atomic mass is 35.5. The molecular weight excluding hydrogens is 487 g/mol. The van der Waals surface area contributed by atoms with E-state index in [2.05, 4.69) is 10.1 Å². The molecule has 0 aliphatic carbocycles. The SMILES string of the molecule is O=c1c(Cl)c(N2CCn3c(C(O)c4ccc(F)cc4C(F)F)cnc3C2)cnn1C1CCCCO1. The van der Waals surface area contributed by atoms with Gasteiger partial charge in [-0.2, -0.15) is 9.78 Å². The highest BCUT2D eigenvalue weighted by Crippen LogP contribution is 2.34. The van der Waals surface area contributed by atoms with E-state index in [9.17, 15) is 23.1 Å². The number of fused-ring (bicyclic) bond motifs is 1. The Morgan fingerprint density at radius 1 is 1.17 bits per heavy atom. The van der Waals surface area contributed by atoms with Gasteiger partial charge in [-0.15, -0.1) is 0 Å². The predicted molar refractivity (Wildman–Crippen MR) is 121 cm³/mol. The Morgan fingerprint density at radius 3 is 2.74 bits per heavy atom. The number of aliphatic hydroxyl groups excluding tert-OH is 1. The highest BCUT2D eigenvalue weighted by Gasteiger charge is 2.29. The maximum Gasteiger partial charge on any atom is 0.290 e. The number of aliphatic hydroxyl groups is 1. The summed E-state index contributed by atoms with van der Waals surface area (Å²) in [6.07, 6.45) is 0.746. The number of hydrogen-bond donors (Lipinski definition) is 1. The van der Waals surface area contributed by atoms with Crippen LogP contribution in [-0.4, -0.2) is 37.6 Å². The van der Waals surface area contributed by atoms with E-state index in [1.807, 2.05) is 4.90 Å². The van der Waals surface area contributed by atoms with Crippen LogP contribution < -0.4 is 10.5 Å². The van der Waals surface area contributed by atoms with Gasteiger partial charge in [-0.05, 0) is 37.0 Å². The summed E-state index contributed by atoms with van der Waals surface area (Å²) in [6, 6.07) is 2.93. The molecule has 2 aliphatic rings. The smallest absolute Gasteiger partial charge is 0.290 e. The number of aromatic nitrogens is 4. The minimum absolute atomic E-state index is 0.0299. The standard InChI is InChI=1S/C23H23ClF3N5O3/c24-20-16(11-29-32(23(20)34)19-3-1-2-8-35-19)30-6-7-31-17(10-28-18(31)12-30)21(33)14-5-4-13(25)9-15(14)22(26)27/h4-5,9-11,19,21-22,33H,1-3,6-8,12H2. The van der Waals surface area contributed by atoms with Gasteiger partial charge in [0.25, 0.3) is 12.0 Å². The Kier molecular flexibility index (Phi) is 6.56. The summed E-state index contributed by atoms with van der Waals surface area (Å²) in [7, 11) is 0. The molecule has 1 N–H and O–H groups in total. The molecule has 8 nitrogen and oxygen atoms in total. The lowest BCUT2D eigenvalue weighted by Gasteiger charge is -2.31. The molecule has 35 heavy (non-hydrogen) atoms. The lowest BCUT2D eigenvalue weighted by molar-refractivity contribution is -0.0424. The molecule has 1 aromatic carbocycles. The lowest BCUT2D eigenvalue weighted by Crippen LogP contribution is -2.37. The van der Waals surface area contributed by atoms with Crippen molar-refractivity contribution in [1.29, 1.82) is 0 Å². The second kappa shape index (κ2) is 9.63. The van der Waals surface area contributed by atoms with Gasteiger partial charge in [0.2, 0.25) is 0 Å². The average Bonchev–Trinajstić information content (AvgIpc) is 3.29. The van der Waals surface area contributed by atoms with Crippen LogP contribution in [0, 0.1) is 5.82 Å². The van der Waals surface area contributed by atoms with Gasteiger partial charge in [-0.1, -0.05) is 17.7 Å². The Hall–Kier alpha value is -2.89. The minimum Gasteiger partial charge on any atom is -0.382 e. The summed E-state index contributed by atoms with van der Waals surface area (Å²) in [5, 5.41) is 15.2. The van der Waals surface area contributed by atoms with E-state index in [1.54, 1.807) is 4.57 Å². The number of ether oxygens (including phenoxy) is 1. The topological polar surface area (TPSA) is 85.4 Å². The van der Waals surface area contributed by atoms with Gasteiger partial charge in [0.05, 0.1) is 30.3 Å². The maximum atomic E-state index is 13.5. The van der Waals surface area contributed by atoms with E-state index in [-0.39, 0.29) is 17.1 Å². The van der Waals surface area contributed by atoms with Crippen molar-refractivity contribution in [3.63, 3.8) is 0 Å². The van der Waals surface area contributed by atoms with Gasteiger partial charge < -0.3 is 19.3 Å². The minimum atomic E-state index is -2.94. The van der Waals surface area contributed by atoms with Crippen molar-refractivity contribution in [3.8, 4) is 0 Å². The lowest BCUT2D eigenvalue weighted by atomic mass is 10.00. The van der Waals surface area contributed by atoms with E-state index < -0.39 is 35.7 Å². The third-order valence-corrected chi connectivity index (χ3v) is 6.80. The molecule has 4 heterocycles. The number of nitrogens with zero attached hydrogens (tertiary/aromatic N) is 5. The van der Waals surface area contributed by atoms with Crippen LogP contribution in [0.3, 0.4) is 0 Å². The van der Waals surface area contributed by atoms with Gasteiger partial charge >= 0.3 is 0 Å². The van der Waals surface area contributed by atoms with Crippen molar-refractivity contribution in [1.82, 2.24) is 19.3 Å². The number of halogens is 4. The number of anilines is 1. The Bertz CT molecular complexity index is 1290. The molecule has 3 aromatic rings. The van der Waals surface area contributed by atoms with Crippen LogP contribution in [-0.2, 0) is 17.8 Å². The second-order valence-corrected chi connectivity index (χ2v) is 8.94. The molecule has 186 valence electrons. The van der Waals surface area contributed by atoms with Gasteiger partial charge in [0.1, 0.15) is 22.8 Å². The molecule has 2 unspecified atom stereocenters. The van der Waals surface area contributed by atoms with Crippen LogP contribution in [0.15, 0.2) is 35.4 Å². The highest BCUT2D eigenvalue weighted by molar-refractivity contribution is 6.33. The number of alkyl halides is 2.